The largest absolute Gasteiger partial charge is 0.323 e. The molecule has 0 amide bonds. The van der Waals surface area contributed by atoms with Crippen molar-refractivity contribution in [3.05, 3.63) is 66.0 Å². The molecule has 0 unspecified atom stereocenters. The van der Waals surface area contributed by atoms with Crippen LogP contribution in [-0.4, -0.2) is 15.3 Å². The maximum absolute atomic E-state index is 12.2. The van der Waals surface area contributed by atoms with E-state index in [1.165, 1.54) is 5.56 Å². The summed E-state index contributed by atoms with van der Waals surface area (Å²) in [4.78, 5) is 16.5. The highest BCUT2D eigenvalue weighted by Crippen LogP contribution is 2.12. The first-order valence-electron chi connectivity index (χ1n) is 6.69. The van der Waals surface area contributed by atoms with Gasteiger partial charge in [0.2, 0.25) is 0 Å². The first-order chi connectivity index (χ1) is 9.72. The van der Waals surface area contributed by atoms with Crippen LogP contribution in [0, 0.1) is 6.92 Å². The lowest BCUT2D eigenvalue weighted by molar-refractivity contribution is -0.118. The van der Waals surface area contributed by atoms with Crippen molar-refractivity contribution in [3.8, 4) is 0 Å². The number of rotatable bonds is 4. The molecule has 0 spiro atoms. The Morgan fingerprint density at radius 2 is 2.00 bits per heavy atom. The molecule has 0 aliphatic heterocycles. The number of carbonyl (C=O) groups excluding carboxylic acids is 1. The van der Waals surface area contributed by atoms with Gasteiger partial charge in [-0.05, 0) is 24.6 Å². The number of nitrogens with zero attached hydrogens (tertiary/aromatic N) is 2. The molecule has 0 bridgehead atoms. The summed E-state index contributed by atoms with van der Waals surface area (Å²) < 4.78 is 1.91. The number of hydrogen-bond acceptors (Lipinski definition) is 2. The van der Waals surface area contributed by atoms with E-state index in [9.17, 15) is 4.79 Å². The summed E-state index contributed by atoms with van der Waals surface area (Å²) in [6, 6.07) is 15.9. The average molecular weight is 264 g/mol. The Balaban J connectivity index is 1.76. The Labute approximate surface area is 117 Å². The Morgan fingerprint density at radius 1 is 1.15 bits per heavy atom. The lowest BCUT2D eigenvalue weighted by atomic mass is 10.1. The van der Waals surface area contributed by atoms with Crippen molar-refractivity contribution >= 4 is 16.8 Å². The zero-order valence-electron chi connectivity index (χ0n) is 11.4. The van der Waals surface area contributed by atoms with Gasteiger partial charge in [-0.2, -0.15) is 0 Å². The minimum Gasteiger partial charge on any atom is -0.323 e. The summed E-state index contributed by atoms with van der Waals surface area (Å²) in [6.07, 6.45) is 2.20. The molecule has 0 saturated heterocycles. The van der Waals surface area contributed by atoms with Crippen LogP contribution in [0.5, 0.6) is 0 Å². The van der Waals surface area contributed by atoms with Crippen LogP contribution in [0.25, 0.3) is 11.0 Å². The third-order valence-corrected chi connectivity index (χ3v) is 3.36. The maximum Gasteiger partial charge on any atom is 0.156 e. The van der Waals surface area contributed by atoms with E-state index < -0.39 is 0 Å². The van der Waals surface area contributed by atoms with E-state index in [4.69, 9.17) is 0 Å². The second kappa shape index (κ2) is 5.29. The number of aryl methyl sites for hydroxylation is 1. The normalized spacial score (nSPS) is 10.8. The molecule has 1 heterocycles. The summed E-state index contributed by atoms with van der Waals surface area (Å²) in [5.74, 6) is 0.193. The molecule has 0 radical (unpaired) electrons. The molecular formula is C17H16N2O. The molecule has 0 aliphatic rings. The highest BCUT2D eigenvalue weighted by atomic mass is 16.1. The highest BCUT2D eigenvalue weighted by Gasteiger charge is 2.08. The van der Waals surface area contributed by atoms with Crippen LogP contribution in [0.1, 0.15) is 11.1 Å². The number of benzene rings is 2. The van der Waals surface area contributed by atoms with Crippen LogP contribution in [0.4, 0.5) is 0 Å². The van der Waals surface area contributed by atoms with Gasteiger partial charge in [0.1, 0.15) is 0 Å². The molecular weight excluding hydrogens is 248 g/mol. The van der Waals surface area contributed by atoms with E-state index in [1.54, 1.807) is 6.33 Å². The van der Waals surface area contributed by atoms with E-state index in [0.717, 1.165) is 16.6 Å². The van der Waals surface area contributed by atoms with Crippen LogP contribution < -0.4 is 0 Å². The maximum atomic E-state index is 12.2. The summed E-state index contributed by atoms with van der Waals surface area (Å²) in [7, 11) is 0. The molecule has 3 rings (SSSR count). The van der Waals surface area contributed by atoms with Gasteiger partial charge in [0.15, 0.2) is 5.78 Å². The number of ketones is 1. The number of fused-ring (bicyclic) bond motifs is 1. The minimum atomic E-state index is 0.193. The Kier molecular flexibility index (Phi) is 3.33. The fourth-order valence-corrected chi connectivity index (χ4v) is 2.43. The second-order valence-corrected chi connectivity index (χ2v) is 5.07. The second-order valence-electron chi connectivity index (χ2n) is 5.07. The Bertz CT molecular complexity index is 758. The Hall–Kier alpha value is -2.42. The van der Waals surface area contributed by atoms with Crippen LogP contribution in [0.3, 0.4) is 0 Å². The molecule has 100 valence electrons. The molecule has 3 nitrogen and oxygen atoms in total. The lowest BCUT2D eigenvalue weighted by Crippen LogP contribution is -2.11. The van der Waals surface area contributed by atoms with Crippen molar-refractivity contribution in [2.45, 2.75) is 19.9 Å². The average Bonchev–Trinajstić information content (AvgIpc) is 2.82. The third-order valence-electron chi connectivity index (χ3n) is 3.36. The fraction of sp³-hybridized carbons (Fsp3) is 0.176. The number of aromatic nitrogens is 2. The predicted molar refractivity (Wildman–Crippen MR) is 79.6 cm³/mol. The summed E-state index contributed by atoms with van der Waals surface area (Å²) in [5, 5.41) is 0. The quantitative estimate of drug-likeness (QED) is 0.725. The summed E-state index contributed by atoms with van der Waals surface area (Å²) in [5.41, 5.74) is 4.18. The van der Waals surface area contributed by atoms with Crippen LogP contribution in [0.15, 0.2) is 54.9 Å². The zero-order valence-corrected chi connectivity index (χ0v) is 11.4. The van der Waals surface area contributed by atoms with Gasteiger partial charge in [-0.15, -0.1) is 0 Å². The van der Waals surface area contributed by atoms with Gasteiger partial charge in [-0.3, -0.25) is 4.79 Å². The van der Waals surface area contributed by atoms with Gasteiger partial charge in [-0.25, -0.2) is 4.98 Å². The number of para-hydroxylation sites is 2. The molecule has 3 aromatic rings. The van der Waals surface area contributed by atoms with Crippen molar-refractivity contribution < 1.29 is 4.79 Å². The number of carbonyl (C=O) groups is 1. The van der Waals surface area contributed by atoms with E-state index in [-0.39, 0.29) is 5.78 Å². The van der Waals surface area contributed by atoms with Crippen molar-refractivity contribution in [3.63, 3.8) is 0 Å². The molecule has 2 aromatic carbocycles. The van der Waals surface area contributed by atoms with Crippen molar-refractivity contribution in [2.75, 3.05) is 0 Å². The lowest BCUT2D eigenvalue weighted by Gasteiger charge is -2.05. The number of imidazole rings is 1. The minimum absolute atomic E-state index is 0.193. The van der Waals surface area contributed by atoms with Crippen molar-refractivity contribution in [1.82, 2.24) is 9.55 Å². The standard InChI is InChI=1S/C17H16N2O/c1-13-5-4-6-14(9-13)10-15(20)11-19-12-18-16-7-2-3-8-17(16)19/h2-9,12H,10-11H2,1H3. The van der Waals surface area contributed by atoms with Crippen LogP contribution >= 0.6 is 0 Å². The van der Waals surface area contributed by atoms with Gasteiger partial charge >= 0.3 is 0 Å². The molecule has 0 atom stereocenters. The number of hydrogen-bond donors (Lipinski definition) is 0. The van der Waals surface area contributed by atoms with Gasteiger partial charge in [0, 0.05) is 6.42 Å². The molecule has 1 aromatic heterocycles. The predicted octanol–water partition coefficient (Wildman–Crippen LogP) is 3.16. The van der Waals surface area contributed by atoms with Gasteiger partial charge in [0.25, 0.3) is 0 Å². The first-order valence-corrected chi connectivity index (χ1v) is 6.69. The molecule has 0 aliphatic carbocycles. The molecule has 20 heavy (non-hydrogen) atoms. The van der Waals surface area contributed by atoms with Crippen molar-refractivity contribution in [2.24, 2.45) is 0 Å². The van der Waals surface area contributed by atoms with E-state index in [1.807, 2.05) is 54.0 Å². The third kappa shape index (κ3) is 2.62. The van der Waals surface area contributed by atoms with Gasteiger partial charge < -0.3 is 4.57 Å². The van der Waals surface area contributed by atoms with Crippen LogP contribution in [-0.2, 0) is 17.8 Å². The van der Waals surface area contributed by atoms with Gasteiger partial charge in [0.05, 0.1) is 23.9 Å². The summed E-state index contributed by atoms with van der Waals surface area (Å²) in [6.45, 7) is 2.41. The molecule has 0 N–H and O–H groups in total. The number of Topliss-reactive ketones (excluding diaryl/α,β-unsaturated/α-hetero) is 1. The monoisotopic (exact) mass is 264 g/mol. The van der Waals surface area contributed by atoms with E-state index in [2.05, 4.69) is 11.1 Å². The smallest absolute Gasteiger partial charge is 0.156 e. The summed E-state index contributed by atoms with van der Waals surface area (Å²) >= 11 is 0. The Morgan fingerprint density at radius 3 is 2.85 bits per heavy atom. The van der Waals surface area contributed by atoms with E-state index in [0.29, 0.717) is 13.0 Å². The highest BCUT2D eigenvalue weighted by molar-refractivity contribution is 5.83. The SMILES string of the molecule is Cc1cccc(CC(=O)Cn2cnc3ccccc32)c1. The van der Waals surface area contributed by atoms with E-state index >= 15 is 0 Å². The van der Waals surface area contributed by atoms with Crippen LogP contribution in [0.2, 0.25) is 0 Å². The molecule has 0 saturated carbocycles. The molecule has 3 heteroatoms. The zero-order chi connectivity index (χ0) is 13.9. The topological polar surface area (TPSA) is 34.9 Å². The fourth-order valence-electron chi connectivity index (χ4n) is 2.43. The molecule has 0 fully saturated rings. The first kappa shape index (κ1) is 12.6. The van der Waals surface area contributed by atoms with Gasteiger partial charge in [-0.1, -0.05) is 42.0 Å². The van der Waals surface area contributed by atoms with Crippen molar-refractivity contribution in [1.29, 1.82) is 0 Å².